The Morgan fingerprint density at radius 2 is 1.65 bits per heavy atom. The molecule has 1 N–H and O–H groups in total. The van der Waals surface area contributed by atoms with Crippen LogP contribution in [0.2, 0.25) is 5.02 Å². The molecule has 6 heteroatoms. The van der Waals surface area contributed by atoms with Crippen LogP contribution in [0.4, 0.5) is 0 Å². The van der Waals surface area contributed by atoms with Crippen LogP contribution in [0.15, 0.2) is 84.4 Å². The van der Waals surface area contributed by atoms with Gasteiger partial charge in [0.25, 0.3) is 11.7 Å². The van der Waals surface area contributed by atoms with Crippen molar-refractivity contribution in [1.82, 2.24) is 4.90 Å². The summed E-state index contributed by atoms with van der Waals surface area (Å²) in [6, 6.07) is 22.9. The average molecular weight is 476 g/mol. The van der Waals surface area contributed by atoms with Crippen molar-refractivity contribution in [2.45, 2.75) is 25.8 Å². The highest BCUT2D eigenvalue weighted by molar-refractivity contribution is 6.46. The fraction of sp³-hybridized carbons (Fsp3) is 0.214. The Morgan fingerprint density at radius 1 is 0.971 bits per heavy atom. The molecule has 0 spiro atoms. The van der Waals surface area contributed by atoms with E-state index in [2.05, 4.69) is 0 Å². The van der Waals surface area contributed by atoms with Gasteiger partial charge >= 0.3 is 0 Å². The summed E-state index contributed by atoms with van der Waals surface area (Å²) >= 11 is 5.99. The molecule has 34 heavy (non-hydrogen) atoms. The van der Waals surface area contributed by atoms with Crippen molar-refractivity contribution in [2.75, 3.05) is 13.2 Å². The van der Waals surface area contributed by atoms with Crippen molar-refractivity contribution in [3.8, 4) is 5.75 Å². The SMILES string of the molecule is CCCOc1ccc(C2/C(=C(\O)c3ccc(Cl)cc3)C(=O)C(=O)N2CCc2ccccc2)cc1. The number of halogens is 1. The first-order chi connectivity index (χ1) is 16.5. The van der Waals surface area contributed by atoms with Crippen molar-refractivity contribution in [3.05, 3.63) is 106 Å². The van der Waals surface area contributed by atoms with Gasteiger partial charge in [-0.1, -0.05) is 61.0 Å². The second kappa shape index (κ2) is 10.6. The number of hydrogen-bond donors (Lipinski definition) is 1. The summed E-state index contributed by atoms with van der Waals surface area (Å²) in [6.07, 6.45) is 1.48. The van der Waals surface area contributed by atoms with Crippen molar-refractivity contribution in [3.63, 3.8) is 0 Å². The minimum Gasteiger partial charge on any atom is -0.507 e. The van der Waals surface area contributed by atoms with Gasteiger partial charge < -0.3 is 14.7 Å². The third-order valence-corrected chi connectivity index (χ3v) is 6.06. The van der Waals surface area contributed by atoms with E-state index in [1.807, 2.05) is 61.5 Å². The lowest BCUT2D eigenvalue weighted by Crippen LogP contribution is -2.31. The van der Waals surface area contributed by atoms with Crippen LogP contribution < -0.4 is 4.74 Å². The molecule has 1 saturated heterocycles. The summed E-state index contributed by atoms with van der Waals surface area (Å²) < 4.78 is 5.68. The van der Waals surface area contributed by atoms with Crippen molar-refractivity contribution in [1.29, 1.82) is 0 Å². The van der Waals surface area contributed by atoms with E-state index in [4.69, 9.17) is 16.3 Å². The van der Waals surface area contributed by atoms with Crippen LogP contribution in [0.3, 0.4) is 0 Å². The largest absolute Gasteiger partial charge is 0.507 e. The Bertz CT molecular complexity index is 1190. The van der Waals surface area contributed by atoms with E-state index in [1.54, 1.807) is 29.2 Å². The molecule has 1 atom stereocenters. The number of carbonyl (C=O) groups excluding carboxylic acids is 2. The molecule has 3 aromatic carbocycles. The van der Waals surface area contributed by atoms with Crippen molar-refractivity contribution in [2.24, 2.45) is 0 Å². The number of likely N-dealkylation sites (tertiary alicyclic amines) is 1. The Morgan fingerprint density at radius 3 is 2.29 bits per heavy atom. The molecular weight excluding hydrogens is 450 g/mol. The van der Waals surface area contributed by atoms with Gasteiger partial charge in [0.15, 0.2) is 0 Å². The quantitative estimate of drug-likeness (QED) is 0.254. The maximum absolute atomic E-state index is 13.1. The number of carbonyl (C=O) groups is 2. The lowest BCUT2D eigenvalue weighted by molar-refractivity contribution is -0.139. The molecule has 0 radical (unpaired) electrons. The molecule has 5 nitrogen and oxygen atoms in total. The van der Waals surface area contributed by atoms with Gasteiger partial charge in [-0.2, -0.15) is 0 Å². The molecule has 0 saturated carbocycles. The van der Waals surface area contributed by atoms with Gasteiger partial charge in [0, 0.05) is 17.1 Å². The zero-order valence-corrected chi connectivity index (χ0v) is 19.7. The molecule has 3 aromatic rings. The number of ketones is 1. The van der Waals surface area contributed by atoms with E-state index >= 15 is 0 Å². The summed E-state index contributed by atoms with van der Waals surface area (Å²) in [7, 11) is 0. The molecule has 174 valence electrons. The zero-order chi connectivity index (χ0) is 24.1. The Hall–Kier alpha value is -3.57. The number of aliphatic hydroxyl groups excluding tert-OH is 1. The summed E-state index contributed by atoms with van der Waals surface area (Å²) in [6.45, 7) is 2.97. The van der Waals surface area contributed by atoms with Crippen LogP contribution in [0, 0.1) is 0 Å². The van der Waals surface area contributed by atoms with Crippen LogP contribution in [0.1, 0.15) is 36.1 Å². The second-order valence-corrected chi connectivity index (χ2v) is 8.59. The maximum Gasteiger partial charge on any atom is 0.295 e. The van der Waals surface area contributed by atoms with Crippen molar-refractivity contribution < 1.29 is 19.4 Å². The number of benzene rings is 3. The van der Waals surface area contributed by atoms with E-state index in [-0.39, 0.29) is 11.3 Å². The molecule has 1 heterocycles. The molecule has 1 unspecified atom stereocenters. The van der Waals surface area contributed by atoms with E-state index < -0.39 is 17.7 Å². The third kappa shape index (κ3) is 5.00. The van der Waals surface area contributed by atoms with Gasteiger partial charge in [0.05, 0.1) is 18.2 Å². The standard InChI is InChI=1S/C28H26ClNO4/c1-2-18-34-23-14-10-20(11-15-23)25-24(26(31)21-8-12-22(29)13-9-21)27(32)28(33)30(25)17-16-19-6-4-3-5-7-19/h3-15,25,31H,2,16-18H2,1H3/b26-24+. The van der Waals surface area contributed by atoms with Crippen molar-refractivity contribution >= 4 is 29.1 Å². The number of aliphatic hydroxyl groups is 1. The van der Waals surface area contributed by atoms with E-state index in [0.717, 1.165) is 17.5 Å². The zero-order valence-electron chi connectivity index (χ0n) is 18.9. The van der Waals surface area contributed by atoms with Crippen LogP contribution in [-0.4, -0.2) is 34.8 Å². The molecule has 1 fully saturated rings. The Labute approximate surface area is 204 Å². The number of nitrogens with zero attached hydrogens (tertiary/aromatic N) is 1. The number of hydrogen-bond acceptors (Lipinski definition) is 4. The van der Waals surface area contributed by atoms with Crippen LogP contribution in [0.25, 0.3) is 5.76 Å². The molecule has 4 rings (SSSR count). The van der Waals surface area contributed by atoms with Gasteiger partial charge in [0.1, 0.15) is 11.5 Å². The normalized spacial score (nSPS) is 17.2. The molecule has 1 aliphatic heterocycles. The minimum atomic E-state index is -0.709. The topological polar surface area (TPSA) is 66.8 Å². The molecule has 0 bridgehead atoms. The van der Waals surface area contributed by atoms with E-state index in [1.165, 1.54) is 0 Å². The van der Waals surface area contributed by atoms with Gasteiger partial charge in [-0.3, -0.25) is 9.59 Å². The monoisotopic (exact) mass is 475 g/mol. The van der Waals surface area contributed by atoms with Gasteiger partial charge in [-0.15, -0.1) is 0 Å². The van der Waals surface area contributed by atoms with Crippen LogP contribution >= 0.6 is 11.6 Å². The third-order valence-electron chi connectivity index (χ3n) is 5.81. The fourth-order valence-electron chi connectivity index (χ4n) is 4.08. The maximum atomic E-state index is 13.1. The first-order valence-electron chi connectivity index (χ1n) is 11.3. The highest BCUT2D eigenvalue weighted by Gasteiger charge is 2.45. The molecule has 1 amide bonds. The molecule has 0 aromatic heterocycles. The van der Waals surface area contributed by atoms with Gasteiger partial charge in [-0.25, -0.2) is 0 Å². The minimum absolute atomic E-state index is 0.0719. The Balaban J connectivity index is 1.74. The fourth-order valence-corrected chi connectivity index (χ4v) is 4.21. The van der Waals surface area contributed by atoms with Crippen LogP contribution in [-0.2, 0) is 16.0 Å². The lowest BCUT2D eigenvalue weighted by atomic mass is 9.95. The summed E-state index contributed by atoms with van der Waals surface area (Å²) in [5.74, 6) is -0.822. The highest BCUT2D eigenvalue weighted by Crippen LogP contribution is 2.40. The first-order valence-corrected chi connectivity index (χ1v) is 11.7. The van der Waals surface area contributed by atoms with E-state index in [0.29, 0.717) is 35.9 Å². The highest BCUT2D eigenvalue weighted by atomic mass is 35.5. The predicted octanol–water partition coefficient (Wildman–Crippen LogP) is 5.79. The smallest absolute Gasteiger partial charge is 0.295 e. The average Bonchev–Trinajstić information content (AvgIpc) is 3.12. The first kappa shape index (κ1) is 23.6. The Kier molecular flexibility index (Phi) is 7.33. The summed E-state index contributed by atoms with van der Waals surface area (Å²) in [4.78, 5) is 27.8. The van der Waals surface area contributed by atoms with Gasteiger partial charge in [0.2, 0.25) is 0 Å². The van der Waals surface area contributed by atoms with Gasteiger partial charge in [-0.05, 0) is 60.4 Å². The van der Waals surface area contributed by atoms with Crippen LogP contribution in [0.5, 0.6) is 5.75 Å². The molecular formula is C28H26ClNO4. The number of amides is 1. The lowest BCUT2D eigenvalue weighted by Gasteiger charge is -2.25. The number of rotatable bonds is 8. The summed E-state index contributed by atoms with van der Waals surface area (Å²) in [5, 5.41) is 11.6. The second-order valence-electron chi connectivity index (χ2n) is 8.15. The number of ether oxygens (including phenoxy) is 1. The summed E-state index contributed by atoms with van der Waals surface area (Å²) in [5.41, 5.74) is 2.29. The van der Waals surface area contributed by atoms with E-state index in [9.17, 15) is 14.7 Å². The molecule has 0 aliphatic carbocycles. The molecule has 1 aliphatic rings. The number of Topliss-reactive ketones (excluding diaryl/α,β-unsaturated/α-hetero) is 1. The predicted molar refractivity (Wildman–Crippen MR) is 133 cm³/mol.